The molecule has 0 aliphatic rings. The van der Waals surface area contributed by atoms with Crippen LogP contribution >= 0.6 is 0 Å². The van der Waals surface area contributed by atoms with Crippen molar-refractivity contribution in [3.05, 3.63) is 23.8 Å². The van der Waals surface area contributed by atoms with Crippen LogP contribution in [0.4, 0.5) is 5.69 Å². The van der Waals surface area contributed by atoms with Gasteiger partial charge in [-0.25, -0.2) is 0 Å². The van der Waals surface area contributed by atoms with E-state index >= 15 is 0 Å². The Morgan fingerprint density at radius 3 is 2.65 bits per heavy atom. The van der Waals surface area contributed by atoms with Gasteiger partial charge in [0.2, 0.25) is 0 Å². The largest absolute Gasteiger partial charge is 0.492 e. The molecule has 5 heteroatoms. The highest BCUT2D eigenvalue weighted by Crippen LogP contribution is 2.25. The van der Waals surface area contributed by atoms with Crippen molar-refractivity contribution < 1.29 is 14.3 Å². The molecule has 1 amide bonds. The van der Waals surface area contributed by atoms with Crippen molar-refractivity contribution in [2.75, 3.05) is 19.0 Å². The van der Waals surface area contributed by atoms with Gasteiger partial charge < -0.3 is 14.8 Å². The lowest BCUT2D eigenvalue weighted by molar-refractivity contribution is -0.136. The van der Waals surface area contributed by atoms with E-state index in [4.69, 9.17) is 9.47 Å². The topological polar surface area (TPSA) is 71.3 Å². The molecule has 1 atom stereocenters. The van der Waals surface area contributed by atoms with E-state index in [2.05, 4.69) is 18.3 Å². The molecule has 5 nitrogen and oxygen atoms in total. The fourth-order valence-electron chi connectivity index (χ4n) is 2.26. The Balaban J connectivity index is 2.84. The first-order valence-corrected chi connectivity index (χ1v) is 8.04. The standard InChI is InChI=1S/C18H26N2O3/c1-5-7-8-11-18(3,22-4)17(21)20-15-9-10-16(23-6-2)14(12-15)13-19/h9-10,12H,5-8,11H2,1-4H3,(H,20,21)/t18-/m0/s1. The number of hydrogen-bond acceptors (Lipinski definition) is 4. The summed E-state index contributed by atoms with van der Waals surface area (Å²) in [6, 6.07) is 7.12. The van der Waals surface area contributed by atoms with Crippen molar-refractivity contribution in [3.8, 4) is 11.8 Å². The minimum Gasteiger partial charge on any atom is -0.492 e. The van der Waals surface area contributed by atoms with Crippen LogP contribution in [0.15, 0.2) is 18.2 Å². The fraction of sp³-hybridized carbons (Fsp3) is 0.556. The van der Waals surface area contributed by atoms with Crippen LogP contribution in [-0.2, 0) is 9.53 Å². The summed E-state index contributed by atoms with van der Waals surface area (Å²) in [4.78, 5) is 12.5. The molecule has 0 saturated heterocycles. The molecule has 1 aromatic carbocycles. The SMILES string of the molecule is CCCCC[C@](C)(OC)C(=O)Nc1ccc(OCC)c(C#N)c1. The number of ether oxygens (including phenoxy) is 2. The summed E-state index contributed by atoms with van der Waals surface area (Å²) < 4.78 is 10.8. The van der Waals surface area contributed by atoms with Crippen molar-refractivity contribution in [3.63, 3.8) is 0 Å². The number of unbranched alkanes of at least 4 members (excludes halogenated alkanes) is 2. The summed E-state index contributed by atoms with van der Waals surface area (Å²) in [7, 11) is 1.55. The Kier molecular flexibility index (Phi) is 7.56. The molecule has 0 fully saturated rings. The number of amides is 1. The van der Waals surface area contributed by atoms with Crippen LogP contribution in [0.3, 0.4) is 0 Å². The molecular weight excluding hydrogens is 292 g/mol. The number of nitrogens with one attached hydrogen (secondary N) is 1. The van der Waals surface area contributed by atoms with E-state index in [1.807, 2.05) is 6.92 Å². The maximum absolute atomic E-state index is 12.5. The summed E-state index contributed by atoms with van der Waals surface area (Å²) in [5.41, 5.74) is 0.0872. The third-order valence-electron chi connectivity index (χ3n) is 3.85. The minimum absolute atomic E-state index is 0.204. The van der Waals surface area contributed by atoms with Crippen LogP contribution < -0.4 is 10.1 Å². The van der Waals surface area contributed by atoms with Gasteiger partial charge in [0, 0.05) is 12.8 Å². The Labute approximate surface area is 138 Å². The van der Waals surface area contributed by atoms with Crippen LogP contribution in [0.1, 0.15) is 52.0 Å². The van der Waals surface area contributed by atoms with Gasteiger partial charge in [0.05, 0.1) is 12.2 Å². The molecule has 0 aliphatic heterocycles. The third-order valence-corrected chi connectivity index (χ3v) is 3.85. The first-order chi connectivity index (χ1) is 11.0. The number of carbonyl (C=O) groups is 1. The third kappa shape index (κ3) is 5.26. The lowest BCUT2D eigenvalue weighted by Gasteiger charge is -2.27. The smallest absolute Gasteiger partial charge is 0.256 e. The van der Waals surface area contributed by atoms with E-state index in [1.54, 1.807) is 32.2 Å². The molecule has 0 aromatic heterocycles. The van der Waals surface area contributed by atoms with Crippen LogP contribution in [0.5, 0.6) is 5.75 Å². The highest BCUT2D eigenvalue weighted by molar-refractivity contribution is 5.97. The van der Waals surface area contributed by atoms with E-state index in [0.29, 0.717) is 30.0 Å². The van der Waals surface area contributed by atoms with Crippen molar-refractivity contribution in [1.29, 1.82) is 5.26 Å². The molecule has 0 bridgehead atoms. The Bertz CT molecular complexity index is 566. The number of anilines is 1. The first kappa shape index (κ1) is 19.0. The average molecular weight is 318 g/mol. The van der Waals surface area contributed by atoms with Gasteiger partial charge >= 0.3 is 0 Å². The quantitative estimate of drug-likeness (QED) is 0.701. The van der Waals surface area contributed by atoms with Gasteiger partial charge in [-0.3, -0.25) is 4.79 Å². The molecule has 1 N–H and O–H groups in total. The van der Waals surface area contributed by atoms with Gasteiger partial charge in [-0.05, 0) is 38.5 Å². The van der Waals surface area contributed by atoms with Crippen molar-refractivity contribution >= 4 is 11.6 Å². The summed E-state index contributed by atoms with van der Waals surface area (Å²) in [5, 5.41) is 12.0. The summed E-state index contributed by atoms with van der Waals surface area (Å²) in [6.07, 6.45) is 3.74. The summed E-state index contributed by atoms with van der Waals surface area (Å²) >= 11 is 0. The predicted molar refractivity (Wildman–Crippen MR) is 90.5 cm³/mol. The number of rotatable bonds is 9. The second-order valence-electron chi connectivity index (χ2n) is 5.60. The molecule has 23 heavy (non-hydrogen) atoms. The number of hydrogen-bond donors (Lipinski definition) is 1. The molecule has 0 unspecified atom stereocenters. The lowest BCUT2D eigenvalue weighted by Crippen LogP contribution is -2.41. The molecular formula is C18H26N2O3. The zero-order chi connectivity index (χ0) is 17.3. The molecule has 126 valence electrons. The average Bonchev–Trinajstić information content (AvgIpc) is 2.56. The van der Waals surface area contributed by atoms with Crippen LogP contribution in [0.2, 0.25) is 0 Å². The van der Waals surface area contributed by atoms with E-state index in [0.717, 1.165) is 19.3 Å². The van der Waals surface area contributed by atoms with Crippen LogP contribution in [0.25, 0.3) is 0 Å². The number of nitriles is 1. The van der Waals surface area contributed by atoms with Crippen LogP contribution in [-0.4, -0.2) is 25.2 Å². The van der Waals surface area contributed by atoms with E-state index < -0.39 is 5.60 Å². The van der Waals surface area contributed by atoms with Gasteiger partial charge in [0.25, 0.3) is 5.91 Å². The van der Waals surface area contributed by atoms with Gasteiger partial charge in [-0.15, -0.1) is 0 Å². The van der Waals surface area contributed by atoms with Crippen molar-refractivity contribution in [1.82, 2.24) is 0 Å². The molecule has 1 rings (SSSR count). The molecule has 0 radical (unpaired) electrons. The van der Waals surface area contributed by atoms with Crippen molar-refractivity contribution in [2.45, 2.75) is 52.1 Å². The Morgan fingerprint density at radius 1 is 1.35 bits per heavy atom. The zero-order valence-electron chi connectivity index (χ0n) is 14.4. The van der Waals surface area contributed by atoms with Gasteiger partial charge in [-0.2, -0.15) is 5.26 Å². The summed E-state index contributed by atoms with van der Waals surface area (Å²) in [6.45, 7) is 6.25. The molecule has 0 saturated carbocycles. The maximum atomic E-state index is 12.5. The first-order valence-electron chi connectivity index (χ1n) is 8.04. The van der Waals surface area contributed by atoms with Gasteiger partial charge in [-0.1, -0.05) is 26.2 Å². The summed E-state index contributed by atoms with van der Waals surface area (Å²) in [5.74, 6) is 0.314. The van der Waals surface area contributed by atoms with Gasteiger partial charge in [0.15, 0.2) is 0 Å². The second-order valence-corrected chi connectivity index (χ2v) is 5.60. The monoisotopic (exact) mass is 318 g/mol. The maximum Gasteiger partial charge on any atom is 0.256 e. The number of benzene rings is 1. The number of carbonyl (C=O) groups excluding carboxylic acids is 1. The lowest BCUT2D eigenvalue weighted by atomic mass is 9.97. The fourth-order valence-corrected chi connectivity index (χ4v) is 2.26. The molecule has 0 spiro atoms. The Morgan fingerprint density at radius 2 is 2.09 bits per heavy atom. The Hall–Kier alpha value is -2.06. The highest BCUT2D eigenvalue weighted by atomic mass is 16.5. The predicted octanol–water partition coefficient (Wildman–Crippen LogP) is 3.88. The van der Waals surface area contributed by atoms with Crippen molar-refractivity contribution in [2.24, 2.45) is 0 Å². The van der Waals surface area contributed by atoms with Gasteiger partial charge in [0.1, 0.15) is 17.4 Å². The minimum atomic E-state index is -0.874. The molecule has 0 heterocycles. The van der Waals surface area contributed by atoms with E-state index in [1.165, 1.54) is 0 Å². The second kappa shape index (κ2) is 9.16. The normalized spacial score (nSPS) is 13.0. The molecule has 1 aromatic rings. The van der Waals surface area contributed by atoms with Crippen LogP contribution in [0, 0.1) is 11.3 Å². The number of methoxy groups -OCH3 is 1. The van der Waals surface area contributed by atoms with E-state index in [-0.39, 0.29) is 5.91 Å². The number of nitrogens with zero attached hydrogens (tertiary/aromatic N) is 1. The molecule has 0 aliphatic carbocycles. The van der Waals surface area contributed by atoms with E-state index in [9.17, 15) is 10.1 Å². The highest BCUT2D eigenvalue weighted by Gasteiger charge is 2.32. The zero-order valence-corrected chi connectivity index (χ0v) is 14.4.